The molecule has 0 heterocycles. The molecule has 4 fully saturated rings. The van der Waals surface area contributed by atoms with Crippen LogP contribution in [0.1, 0.15) is 105 Å². The number of hydrogen-bond donors (Lipinski definition) is 2. The molecule has 5 heteroatoms. The Morgan fingerprint density at radius 3 is 2.31 bits per heavy atom. The second-order valence-electron chi connectivity index (χ2n) is 12.8. The van der Waals surface area contributed by atoms with Gasteiger partial charge in [0.25, 0.3) is 0 Å². The third-order valence-electron chi connectivity index (χ3n) is 11.2. The monoisotopic (exact) mass is 458 g/mol. The van der Waals surface area contributed by atoms with Crippen molar-refractivity contribution in [3.63, 3.8) is 0 Å². The van der Waals surface area contributed by atoms with Gasteiger partial charge in [-0.15, -0.1) is 0 Å². The maximum Gasteiger partial charge on any atom is 0.416 e. The summed E-state index contributed by atoms with van der Waals surface area (Å²) in [6.07, 6.45) is 6.98. The van der Waals surface area contributed by atoms with Gasteiger partial charge < -0.3 is 10.2 Å². The molecule has 186 valence electrons. The Morgan fingerprint density at radius 2 is 1.66 bits per heavy atom. The van der Waals surface area contributed by atoms with Crippen LogP contribution < -0.4 is 0 Å². The van der Waals surface area contributed by atoms with Gasteiger partial charge in [-0.25, -0.2) is 0 Å². The van der Waals surface area contributed by atoms with Crippen molar-refractivity contribution in [1.29, 1.82) is 0 Å². The predicted octanol–water partition coefficient (Wildman–Crippen LogP) is 7.13. The van der Waals surface area contributed by atoms with Gasteiger partial charge in [-0.1, -0.05) is 20.8 Å². The second-order valence-corrected chi connectivity index (χ2v) is 12.8. The Balaban J connectivity index is 1.42. The molecule has 2 nitrogen and oxygen atoms in total. The van der Waals surface area contributed by atoms with Crippen molar-refractivity contribution < 1.29 is 23.4 Å². The second kappa shape index (κ2) is 8.43. The zero-order chi connectivity index (χ0) is 23.5. The van der Waals surface area contributed by atoms with Crippen molar-refractivity contribution in [1.82, 2.24) is 0 Å². The van der Waals surface area contributed by atoms with Crippen LogP contribution in [0.3, 0.4) is 0 Å². The summed E-state index contributed by atoms with van der Waals surface area (Å²) in [7, 11) is 0. The summed E-state index contributed by atoms with van der Waals surface area (Å²) in [6.45, 7) is 7.60. The molecule has 0 aromatic heterocycles. The lowest BCUT2D eigenvalue weighted by molar-refractivity contribution is -0.256. The average molecular weight is 459 g/mol. The Labute approximate surface area is 192 Å². The number of halogens is 3. The van der Waals surface area contributed by atoms with E-state index in [0.717, 1.165) is 50.4 Å². The highest BCUT2D eigenvalue weighted by Crippen LogP contribution is 2.66. The van der Waals surface area contributed by atoms with Crippen LogP contribution in [-0.4, -0.2) is 27.6 Å². The summed E-state index contributed by atoms with van der Waals surface area (Å²) in [5, 5.41) is 20.8. The molecule has 0 bridgehead atoms. The molecule has 0 unspecified atom stereocenters. The smallest absolute Gasteiger partial charge is 0.390 e. The van der Waals surface area contributed by atoms with Gasteiger partial charge in [0, 0.05) is 0 Å². The van der Waals surface area contributed by atoms with Gasteiger partial charge in [-0.05, 0) is 131 Å². The van der Waals surface area contributed by atoms with E-state index in [2.05, 4.69) is 20.8 Å². The minimum absolute atomic E-state index is 0.203. The topological polar surface area (TPSA) is 40.5 Å². The highest BCUT2D eigenvalue weighted by Gasteiger charge is 2.58. The summed E-state index contributed by atoms with van der Waals surface area (Å²) in [5.41, 5.74) is -2.80. The zero-order valence-corrected chi connectivity index (χ0v) is 20.6. The summed E-state index contributed by atoms with van der Waals surface area (Å²) in [5.74, 6) is 4.37. The van der Waals surface area contributed by atoms with Crippen molar-refractivity contribution in [2.45, 2.75) is 122 Å². The van der Waals surface area contributed by atoms with Gasteiger partial charge in [0.15, 0.2) is 5.60 Å². The molecule has 0 amide bonds. The molecule has 4 rings (SSSR count). The Morgan fingerprint density at radius 1 is 0.969 bits per heavy atom. The number of aliphatic hydroxyl groups is 2. The van der Waals surface area contributed by atoms with Gasteiger partial charge >= 0.3 is 6.18 Å². The molecule has 2 N–H and O–H groups in total. The van der Waals surface area contributed by atoms with Gasteiger partial charge in [-0.3, -0.25) is 0 Å². The van der Waals surface area contributed by atoms with Crippen molar-refractivity contribution in [3.8, 4) is 0 Å². The molecule has 4 aliphatic carbocycles. The van der Waals surface area contributed by atoms with E-state index >= 15 is 0 Å². The van der Waals surface area contributed by atoms with Crippen LogP contribution in [0.5, 0.6) is 0 Å². The lowest BCUT2D eigenvalue weighted by Gasteiger charge is -2.57. The van der Waals surface area contributed by atoms with E-state index in [1.54, 1.807) is 0 Å². The van der Waals surface area contributed by atoms with Crippen molar-refractivity contribution in [3.05, 3.63) is 0 Å². The molecular formula is C27H45F3O2. The van der Waals surface area contributed by atoms with E-state index in [4.69, 9.17) is 0 Å². The minimum Gasteiger partial charge on any atom is -0.390 e. The van der Waals surface area contributed by atoms with Gasteiger partial charge in [0.1, 0.15) is 0 Å². The highest BCUT2D eigenvalue weighted by molar-refractivity contribution is 5.07. The third-order valence-corrected chi connectivity index (χ3v) is 11.2. The standard InChI is InChI=1S/C27H45F3O2/c1-5-26(32)15-12-19-18(16-26)6-7-21-20(19)11-13-24(3)22(8-9-23(21)24)17(2)10-14-25(4,31)27(28,29)30/h17-23,31-32H,5-16H2,1-4H3/t17-,18+,19+,20-,21-,22-,23+,24-,25-,26+/m1/s1. The Hall–Kier alpha value is -0.290. The van der Waals surface area contributed by atoms with Crippen LogP contribution in [0.2, 0.25) is 0 Å². The molecule has 4 saturated carbocycles. The van der Waals surface area contributed by atoms with Crippen molar-refractivity contribution in [2.75, 3.05) is 0 Å². The maximum atomic E-state index is 13.1. The molecular weight excluding hydrogens is 413 g/mol. The Kier molecular flexibility index (Phi) is 6.54. The summed E-state index contributed by atoms with van der Waals surface area (Å²) in [6, 6.07) is 0. The summed E-state index contributed by atoms with van der Waals surface area (Å²) in [4.78, 5) is 0. The summed E-state index contributed by atoms with van der Waals surface area (Å²) < 4.78 is 39.4. The average Bonchev–Trinajstić information content (AvgIpc) is 3.08. The van der Waals surface area contributed by atoms with Crippen molar-refractivity contribution in [2.24, 2.45) is 46.8 Å². The van der Waals surface area contributed by atoms with E-state index < -0.39 is 17.4 Å². The molecule has 0 aromatic rings. The molecule has 0 spiro atoms. The molecule has 0 aliphatic heterocycles. The number of fused-ring (bicyclic) bond motifs is 5. The van der Waals surface area contributed by atoms with Crippen LogP contribution in [-0.2, 0) is 0 Å². The number of rotatable bonds is 5. The fourth-order valence-corrected chi connectivity index (χ4v) is 9.11. The molecule has 0 radical (unpaired) electrons. The van der Waals surface area contributed by atoms with E-state index in [1.165, 1.54) is 38.5 Å². The largest absolute Gasteiger partial charge is 0.416 e. The quantitative estimate of drug-likeness (QED) is 0.460. The van der Waals surface area contributed by atoms with E-state index in [9.17, 15) is 23.4 Å². The first-order valence-corrected chi connectivity index (χ1v) is 13.3. The van der Waals surface area contributed by atoms with Gasteiger partial charge in [-0.2, -0.15) is 13.2 Å². The lowest BCUT2D eigenvalue weighted by Crippen LogP contribution is -2.51. The molecule has 10 atom stereocenters. The van der Waals surface area contributed by atoms with Gasteiger partial charge in [0.05, 0.1) is 5.60 Å². The fourth-order valence-electron chi connectivity index (χ4n) is 9.11. The molecule has 0 saturated heterocycles. The lowest BCUT2D eigenvalue weighted by atomic mass is 9.48. The molecule has 32 heavy (non-hydrogen) atoms. The predicted molar refractivity (Wildman–Crippen MR) is 121 cm³/mol. The molecule has 0 aromatic carbocycles. The Bertz CT molecular complexity index is 676. The highest BCUT2D eigenvalue weighted by atomic mass is 19.4. The first kappa shape index (κ1) is 24.8. The van der Waals surface area contributed by atoms with Crippen LogP contribution in [0.25, 0.3) is 0 Å². The first-order valence-electron chi connectivity index (χ1n) is 13.3. The van der Waals surface area contributed by atoms with E-state index in [-0.39, 0.29) is 17.8 Å². The van der Waals surface area contributed by atoms with E-state index in [1.807, 2.05) is 0 Å². The number of hydrogen-bond acceptors (Lipinski definition) is 2. The summed E-state index contributed by atoms with van der Waals surface area (Å²) >= 11 is 0. The maximum absolute atomic E-state index is 13.1. The third kappa shape index (κ3) is 4.16. The van der Waals surface area contributed by atoms with Crippen LogP contribution in [0, 0.1) is 46.8 Å². The number of alkyl halides is 3. The first-order chi connectivity index (χ1) is 14.8. The zero-order valence-electron chi connectivity index (χ0n) is 20.6. The SMILES string of the molecule is CC[C@]1(O)CC[C@H]2[C@@H](CC[C@@H]3[C@@H]2CC[C@]2(C)[C@@H]([C@H](C)CC[C@@](C)(O)C(F)(F)F)CC[C@@H]32)C1. The van der Waals surface area contributed by atoms with Crippen molar-refractivity contribution >= 4 is 0 Å². The fraction of sp³-hybridized carbons (Fsp3) is 1.00. The van der Waals surface area contributed by atoms with Gasteiger partial charge in [0.2, 0.25) is 0 Å². The molecule has 4 aliphatic rings. The van der Waals surface area contributed by atoms with Crippen LogP contribution in [0.4, 0.5) is 13.2 Å². The van der Waals surface area contributed by atoms with Crippen LogP contribution in [0.15, 0.2) is 0 Å². The van der Waals surface area contributed by atoms with Crippen LogP contribution >= 0.6 is 0 Å². The minimum atomic E-state index is -4.56. The van der Waals surface area contributed by atoms with E-state index in [0.29, 0.717) is 24.2 Å². The normalized spacial score (nSPS) is 47.2.